The summed E-state index contributed by atoms with van der Waals surface area (Å²) < 4.78 is 44.0. The van der Waals surface area contributed by atoms with Gasteiger partial charge in [0.1, 0.15) is 28.7 Å². The van der Waals surface area contributed by atoms with Gasteiger partial charge in [0.15, 0.2) is 11.6 Å². The third-order valence-electron chi connectivity index (χ3n) is 8.16. The van der Waals surface area contributed by atoms with Gasteiger partial charge in [-0.25, -0.2) is 18.4 Å². The predicted octanol–water partition coefficient (Wildman–Crippen LogP) is 4.52. The number of hydrogen-bond donors (Lipinski definition) is 2. The number of carbonyl (C=O) groups is 3. The zero-order valence-electron chi connectivity index (χ0n) is 25.4. The second-order valence-electron chi connectivity index (χ2n) is 12.5. The molecule has 1 unspecified atom stereocenters. The molecule has 3 aliphatic rings. The van der Waals surface area contributed by atoms with Crippen LogP contribution in [-0.2, 0) is 9.53 Å². The smallest absolute Gasteiger partial charge is 0.410 e. The number of carboxylic acid groups (broad SMARTS) is 1. The van der Waals surface area contributed by atoms with Gasteiger partial charge in [-0.2, -0.15) is 0 Å². The summed E-state index contributed by atoms with van der Waals surface area (Å²) in [5.41, 5.74) is -1.22. The van der Waals surface area contributed by atoms with Gasteiger partial charge in [-0.1, -0.05) is 0 Å². The number of halogens is 2. The molecule has 0 bridgehead atoms. The number of methoxy groups -OCH3 is 1. The molecule has 2 amide bonds. The molecule has 3 fully saturated rings. The highest BCUT2D eigenvalue weighted by atomic mass is 19.1. The lowest BCUT2D eigenvalue weighted by molar-refractivity contribution is -0.125. The van der Waals surface area contributed by atoms with E-state index in [0.29, 0.717) is 49.9 Å². The third kappa shape index (κ3) is 6.22. The van der Waals surface area contributed by atoms with Crippen LogP contribution in [-0.4, -0.2) is 77.5 Å². The number of aromatic nitrogens is 1. The van der Waals surface area contributed by atoms with Crippen LogP contribution in [0.1, 0.15) is 75.7 Å². The molecule has 0 spiro atoms. The molecule has 11 nitrogen and oxygen atoms in total. The van der Waals surface area contributed by atoms with Crippen molar-refractivity contribution in [3.63, 3.8) is 0 Å². The minimum atomic E-state index is -1.39. The Labute approximate surface area is 253 Å². The van der Waals surface area contributed by atoms with E-state index in [4.69, 9.17) is 9.47 Å². The molecule has 1 atom stereocenters. The van der Waals surface area contributed by atoms with Crippen LogP contribution in [0, 0.1) is 5.82 Å². The van der Waals surface area contributed by atoms with E-state index >= 15 is 8.78 Å². The number of piperidine rings is 1. The van der Waals surface area contributed by atoms with Crippen LogP contribution in [0.3, 0.4) is 0 Å². The van der Waals surface area contributed by atoms with Crippen molar-refractivity contribution < 1.29 is 37.7 Å². The predicted molar refractivity (Wildman–Crippen MR) is 159 cm³/mol. The molecule has 0 radical (unpaired) electrons. The molecular formula is C31H38F2N4O7. The Bertz CT molecular complexity index is 1590. The molecule has 2 aromatic rings. The molecule has 238 valence electrons. The molecule has 1 aromatic carbocycles. The topological polar surface area (TPSA) is 130 Å². The minimum absolute atomic E-state index is 0.0226. The van der Waals surface area contributed by atoms with Gasteiger partial charge in [-0.3, -0.25) is 14.5 Å². The number of fused-ring (bicyclic) bond motifs is 1. The number of carboxylic acids is 1. The highest BCUT2D eigenvalue weighted by Crippen LogP contribution is 2.44. The van der Waals surface area contributed by atoms with E-state index in [-0.39, 0.29) is 36.0 Å². The normalized spacial score (nSPS) is 20.1. The summed E-state index contributed by atoms with van der Waals surface area (Å²) in [5.74, 6) is -3.12. The molecule has 2 aliphatic heterocycles. The summed E-state index contributed by atoms with van der Waals surface area (Å²) >= 11 is 0. The second-order valence-corrected chi connectivity index (χ2v) is 12.5. The van der Waals surface area contributed by atoms with E-state index in [1.54, 1.807) is 30.2 Å². The highest BCUT2D eigenvalue weighted by molar-refractivity contribution is 5.97. The van der Waals surface area contributed by atoms with Crippen LogP contribution in [0.25, 0.3) is 10.9 Å². The molecule has 2 N–H and O–H groups in total. The SMILES string of the molecule is COc1c(N2CCC/C(=C(\F)CNC(=O)C3CCCN3C(=O)OC(C)(C)C)C2)c(F)cc2c(=O)c(C(=O)O)cn(C3CC3)c12. The lowest BCUT2D eigenvalue weighted by Crippen LogP contribution is -2.47. The van der Waals surface area contributed by atoms with Gasteiger partial charge >= 0.3 is 12.1 Å². The zero-order valence-corrected chi connectivity index (χ0v) is 25.4. The van der Waals surface area contributed by atoms with Crippen molar-refractivity contribution in [2.45, 2.75) is 77.0 Å². The van der Waals surface area contributed by atoms with E-state index in [9.17, 15) is 24.3 Å². The van der Waals surface area contributed by atoms with Gasteiger partial charge < -0.3 is 29.4 Å². The maximum absolute atomic E-state index is 15.7. The molecule has 1 aliphatic carbocycles. The quantitative estimate of drug-likeness (QED) is 0.465. The van der Waals surface area contributed by atoms with Crippen molar-refractivity contribution in [2.24, 2.45) is 0 Å². The first-order chi connectivity index (χ1) is 20.8. The van der Waals surface area contributed by atoms with E-state index in [1.165, 1.54) is 18.2 Å². The molecule has 3 heterocycles. The van der Waals surface area contributed by atoms with Crippen LogP contribution in [0.4, 0.5) is 19.3 Å². The van der Waals surface area contributed by atoms with Gasteiger partial charge in [0.25, 0.3) is 0 Å². The number of likely N-dealkylation sites (tertiary alicyclic amines) is 1. The van der Waals surface area contributed by atoms with Crippen LogP contribution in [0.2, 0.25) is 0 Å². The van der Waals surface area contributed by atoms with Crippen molar-refractivity contribution in [2.75, 3.05) is 38.2 Å². The van der Waals surface area contributed by atoms with Crippen molar-refractivity contribution in [1.29, 1.82) is 0 Å². The number of carbonyl (C=O) groups excluding carboxylic acids is 2. The van der Waals surface area contributed by atoms with Gasteiger partial charge in [0.05, 0.1) is 24.6 Å². The number of aromatic carboxylic acids is 1. The lowest BCUT2D eigenvalue weighted by Gasteiger charge is -2.33. The van der Waals surface area contributed by atoms with Crippen LogP contribution < -0.4 is 20.4 Å². The van der Waals surface area contributed by atoms with Gasteiger partial charge in [-0.05, 0) is 70.9 Å². The summed E-state index contributed by atoms with van der Waals surface area (Å²) in [6, 6.07) is 0.229. The van der Waals surface area contributed by atoms with E-state index < -0.39 is 52.2 Å². The number of ether oxygens (including phenoxy) is 2. The number of anilines is 1. The average Bonchev–Trinajstić information content (AvgIpc) is 3.69. The molecule has 13 heteroatoms. The standard InChI is InChI=1S/C31H38F2N4O7/c1-31(2,3)44-30(42)36-12-6-8-23(36)28(39)34-14-22(33)17-7-5-11-35(15-17)25-21(32)13-19-24(27(25)43-4)37(18-9-10-18)16-20(26(19)38)29(40)41/h13,16,18,23H,5-12,14-15H2,1-4H3,(H,34,39)(H,40,41)/b22-17+. The number of amides is 2. The Morgan fingerprint density at radius 2 is 1.86 bits per heavy atom. The highest BCUT2D eigenvalue weighted by Gasteiger charge is 2.37. The van der Waals surface area contributed by atoms with Crippen LogP contribution >= 0.6 is 0 Å². The van der Waals surface area contributed by atoms with Gasteiger partial charge in [0.2, 0.25) is 11.3 Å². The van der Waals surface area contributed by atoms with E-state index in [0.717, 1.165) is 18.9 Å². The van der Waals surface area contributed by atoms with Crippen molar-refractivity contribution >= 4 is 34.6 Å². The minimum Gasteiger partial charge on any atom is -0.492 e. The Morgan fingerprint density at radius 1 is 1.14 bits per heavy atom. The first kappa shape index (κ1) is 31.3. The lowest BCUT2D eigenvalue weighted by atomic mass is 10.0. The number of pyridine rings is 1. The summed E-state index contributed by atoms with van der Waals surface area (Å²) in [4.78, 5) is 53.3. The Hall–Kier alpha value is -4.16. The fourth-order valence-electron chi connectivity index (χ4n) is 5.99. The third-order valence-corrected chi connectivity index (χ3v) is 8.16. The van der Waals surface area contributed by atoms with Gasteiger partial charge in [0, 0.05) is 31.9 Å². The number of hydrogen-bond acceptors (Lipinski definition) is 7. The number of rotatable bonds is 7. The monoisotopic (exact) mass is 616 g/mol. The summed E-state index contributed by atoms with van der Waals surface area (Å²) in [5, 5.41) is 12.1. The maximum atomic E-state index is 15.7. The van der Waals surface area contributed by atoms with Crippen LogP contribution in [0.15, 0.2) is 28.5 Å². The Balaban J connectivity index is 1.38. The fourth-order valence-corrected chi connectivity index (χ4v) is 5.99. The van der Waals surface area contributed by atoms with E-state index in [2.05, 4.69) is 5.32 Å². The zero-order chi connectivity index (χ0) is 31.9. The molecule has 1 aromatic heterocycles. The summed E-state index contributed by atoms with van der Waals surface area (Å²) in [7, 11) is 1.35. The Kier molecular flexibility index (Phi) is 8.59. The molecule has 1 saturated carbocycles. The van der Waals surface area contributed by atoms with Crippen LogP contribution in [0.5, 0.6) is 5.75 Å². The second kappa shape index (κ2) is 12.1. The first-order valence-corrected chi connectivity index (χ1v) is 14.9. The largest absolute Gasteiger partial charge is 0.492 e. The average molecular weight is 617 g/mol. The number of nitrogens with zero attached hydrogens (tertiary/aromatic N) is 3. The summed E-state index contributed by atoms with van der Waals surface area (Å²) in [6.07, 6.45) is 4.21. The fraction of sp³-hybridized carbons (Fsp3) is 0.548. The van der Waals surface area contributed by atoms with Crippen molar-refractivity contribution in [1.82, 2.24) is 14.8 Å². The Morgan fingerprint density at radius 3 is 2.50 bits per heavy atom. The first-order valence-electron chi connectivity index (χ1n) is 14.9. The van der Waals surface area contributed by atoms with Gasteiger partial charge in [-0.15, -0.1) is 0 Å². The summed E-state index contributed by atoms with van der Waals surface area (Å²) in [6.45, 7) is 5.63. The molecular weight excluding hydrogens is 578 g/mol. The number of nitrogens with one attached hydrogen (secondary N) is 1. The van der Waals surface area contributed by atoms with E-state index in [1.807, 2.05) is 0 Å². The molecule has 44 heavy (non-hydrogen) atoms. The maximum Gasteiger partial charge on any atom is 0.410 e. The number of benzene rings is 1. The molecule has 2 saturated heterocycles. The van der Waals surface area contributed by atoms with Crippen molar-refractivity contribution in [3.8, 4) is 5.75 Å². The molecule has 5 rings (SSSR count). The van der Waals surface area contributed by atoms with Crippen molar-refractivity contribution in [3.05, 3.63) is 45.3 Å².